The number of alkyl halides is 9. The van der Waals surface area contributed by atoms with Gasteiger partial charge in [0.25, 0.3) is 10.0 Å². The van der Waals surface area contributed by atoms with Gasteiger partial charge < -0.3 is 9.84 Å². The van der Waals surface area contributed by atoms with Crippen LogP contribution in [0.25, 0.3) is 0 Å². The summed E-state index contributed by atoms with van der Waals surface area (Å²) in [6.45, 7) is 0. The fourth-order valence-corrected chi connectivity index (χ4v) is 4.72. The van der Waals surface area contributed by atoms with Crippen molar-refractivity contribution in [2.45, 2.75) is 27.7 Å². The zero-order valence-electron chi connectivity index (χ0n) is 18.6. The van der Waals surface area contributed by atoms with Crippen molar-refractivity contribution in [3.63, 3.8) is 0 Å². The fourth-order valence-electron chi connectivity index (χ4n) is 3.01. The monoisotopic (exact) mass is 605 g/mol. The van der Waals surface area contributed by atoms with E-state index >= 15 is 0 Å². The van der Waals surface area contributed by atoms with Gasteiger partial charge >= 0.3 is 23.8 Å². The molecule has 6 nitrogen and oxygen atoms in total. The number of rotatable bonds is 7. The summed E-state index contributed by atoms with van der Waals surface area (Å²) in [7, 11) is -5.32. The van der Waals surface area contributed by atoms with Crippen LogP contribution in [0.2, 0.25) is 0 Å². The van der Waals surface area contributed by atoms with Crippen LogP contribution >= 0.6 is 11.8 Å². The summed E-state index contributed by atoms with van der Waals surface area (Å²) in [4.78, 5) is 9.30. The molecule has 0 unspecified atom stereocenters. The second-order valence-corrected chi connectivity index (χ2v) is 10.3. The van der Waals surface area contributed by atoms with Crippen LogP contribution in [0.15, 0.2) is 70.5 Å². The minimum atomic E-state index is -5.39. The van der Waals surface area contributed by atoms with Gasteiger partial charge in [-0.15, -0.1) is 0 Å². The van der Waals surface area contributed by atoms with E-state index in [0.717, 1.165) is 24.3 Å². The molecule has 39 heavy (non-hydrogen) atoms. The van der Waals surface area contributed by atoms with Gasteiger partial charge in [-0.05, 0) is 60.3 Å². The first-order valence-corrected chi connectivity index (χ1v) is 12.3. The first kappa shape index (κ1) is 29.9. The predicted molar refractivity (Wildman–Crippen MR) is 119 cm³/mol. The average Bonchev–Trinajstić information content (AvgIpc) is 2.78. The van der Waals surface area contributed by atoms with Gasteiger partial charge in [0.05, 0.1) is 21.7 Å². The number of halogens is 9. The topological polar surface area (TPSA) is 92.7 Å². The van der Waals surface area contributed by atoms with Crippen LogP contribution in [-0.4, -0.2) is 25.0 Å². The number of anilines is 1. The first-order chi connectivity index (χ1) is 17.8. The molecule has 0 spiro atoms. The quantitative estimate of drug-likeness (QED) is 0.213. The van der Waals surface area contributed by atoms with E-state index < -0.39 is 89.3 Å². The van der Waals surface area contributed by atoms with Gasteiger partial charge in [0.1, 0.15) is 11.3 Å². The molecule has 0 saturated carbocycles. The molecule has 0 radical (unpaired) electrons. The average molecular weight is 605 g/mol. The molecule has 210 valence electrons. The van der Waals surface area contributed by atoms with Crippen LogP contribution in [0.4, 0.5) is 45.2 Å². The van der Waals surface area contributed by atoms with Crippen molar-refractivity contribution in [2.24, 2.45) is 0 Å². The van der Waals surface area contributed by atoms with Crippen LogP contribution in [0.3, 0.4) is 0 Å². The molecule has 0 aliphatic carbocycles. The smallest absolute Gasteiger partial charge is 0.446 e. The van der Waals surface area contributed by atoms with E-state index in [2.05, 4.69) is 0 Å². The lowest BCUT2D eigenvalue weighted by atomic mass is 10.1. The van der Waals surface area contributed by atoms with Crippen LogP contribution in [0, 0.1) is 0 Å². The van der Waals surface area contributed by atoms with Crippen LogP contribution < -0.4 is 9.46 Å². The highest BCUT2D eigenvalue weighted by molar-refractivity contribution is 8.00. The Hall–Kier alpha value is -3.60. The number of sulfonamides is 1. The van der Waals surface area contributed by atoms with Gasteiger partial charge in [-0.2, -0.15) is 39.5 Å². The second kappa shape index (κ2) is 10.5. The molecular formula is C22H12F9NO5S2. The Bertz CT molecular complexity index is 1470. The van der Waals surface area contributed by atoms with E-state index in [9.17, 15) is 57.8 Å². The maximum absolute atomic E-state index is 13.2. The minimum Gasteiger partial charge on any atom is -0.478 e. The summed E-state index contributed by atoms with van der Waals surface area (Å²) in [5, 5.41) is 9.30. The van der Waals surface area contributed by atoms with Crippen LogP contribution in [0.5, 0.6) is 11.5 Å². The molecule has 0 amide bonds. The number of para-hydroxylation sites is 1. The van der Waals surface area contributed by atoms with Gasteiger partial charge in [-0.3, -0.25) is 4.72 Å². The molecule has 17 heteroatoms. The molecule has 0 fully saturated rings. The summed E-state index contributed by atoms with van der Waals surface area (Å²) in [6, 6.07) is 6.50. The molecule has 0 bridgehead atoms. The summed E-state index contributed by atoms with van der Waals surface area (Å²) in [5.74, 6) is -2.51. The standard InChI is InChI=1S/C22H12F9NO5S2/c23-20(24,25)11-7-12(21(26,27)28)9-14(8-11)39(35,36)32-16-10-13(38-22(29,30)31)5-6-18(16)37-17-4-2-1-3-15(17)19(33)34/h1-10,32H,(H,33,34). The van der Waals surface area contributed by atoms with E-state index in [1.54, 1.807) is 4.72 Å². The molecule has 2 N–H and O–H groups in total. The van der Waals surface area contributed by atoms with Gasteiger partial charge in [0.2, 0.25) is 0 Å². The first-order valence-electron chi connectivity index (χ1n) is 9.98. The Kier molecular flexibility index (Phi) is 8.08. The van der Waals surface area contributed by atoms with E-state index in [4.69, 9.17) is 4.74 Å². The molecule has 0 heterocycles. The van der Waals surface area contributed by atoms with Gasteiger partial charge in [-0.25, -0.2) is 13.2 Å². The van der Waals surface area contributed by atoms with Crippen molar-refractivity contribution in [3.05, 3.63) is 77.4 Å². The van der Waals surface area contributed by atoms with Crippen molar-refractivity contribution in [2.75, 3.05) is 4.72 Å². The maximum Gasteiger partial charge on any atom is 0.446 e. The third-order valence-electron chi connectivity index (χ3n) is 4.64. The molecule has 0 saturated heterocycles. The second-order valence-electron chi connectivity index (χ2n) is 7.46. The molecule has 3 rings (SSSR count). The highest BCUT2D eigenvalue weighted by atomic mass is 32.2. The lowest BCUT2D eigenvalue weighted by Gasteiger charge is -2.18. The molecule has 0 aliphatic heterocycles. The van der Waals surface area contributed by atoms with Gasteiger partial charge in [0, 0.05) is 4.90 Å². The normalized spacial score (nSPS) is 12.7. The number of ether oxygens (including phenoxy) is 1. The number of carboxylic acids is 1. The van der Waals surface area contributed by atoms with Crippen molar-refractivity contribution in [3.8, 4) is 11.5 Å². The zero-order chi connectivity index (χ0) is 29.4. The largest absolute Gasteiger partial charge is 0.478 e. The Morgan fingerprint density at radius 1 is 0.795 bits per heavy atom. The lowest BCUT2D eigenvalue weighted by Crippen LogP contribution is -2.18. The minimum absolute atomic E-state index is 0.0911. The summed E-state index contributed by atoms with van der Waals surface area (Å²) < 4.78 is 151. The third-order valence-corrected chi connectivity index (χ3v) is 6.70. The Morgan fingerprint density at radius 3 is 1.87 bits per heavy atom. The van der Waals surface area contributed by atoms with Crippen molar-refractivity contribution in [1.29, 1.82) is 0 Å². The number of carboxylic acid groups (broad SMARTS) is 1. The third kappa shape index (κ3) is 7.72. The summed E-state index contributed by atoms with van der Waals surface area (Å²) in [5.41, 5.74) is -10.1. The molecule has 3 aromatic carbocycles. The number of benzene rings is 3. The highest BCUT2D eigenvalue weighted by Gasteiger charge is 2.38. The number of thioether (sulfide) groups is 1. The lowest BCUT2D eigenvalue weighted by molar-refractivity contribution is -0.143. The fraction of sp³-hybridized carbons (Fsp3) is 0.136. The number of nitrogens with one attached hydrogen (secondary N) is 1. The SMILES string of the molecule is O=C(O)c1ccccc1Oc1ccc(SC(F)(F)F)cc1NS(=O)(=O)c1cc(C(F)(F)F)cc(C(F)(F)F)c1. The van der Waals surface area contributed by atoms with Gasteiger partial charge in [0.15, 0.2) is 5.75 Å². The number of carbonyl (C=O) groups is 1. The summed E-state index contributed by atoms with van der Waals surface area (Å²) in [6.07, 6.45) is -10.8. The Morgan fingerprint density at radius 2 is 1.36 bits per heavy atom. The summed E-state index contributed by atoms with van der Waals surface area (Å²) >= 11 is -0.711. The highest BCUT2D eigenvalue weighted by Crippen LogP contribution is 2.42. The van der Waals surface area contributed by atoms with E-state index in [1.165, 1.54) is 12.1 Å². The molecule has 3 aromatic rings. The van der Waals surface area contributed by atoms with Crippen LogP contribution in [-0.2, 0) is 22.4 Å². The number of hydrogen-bond donors (Lipinski definition) is 2. The van der Waals surface area contributed by atoms with Crippen molar-refractivity contribution in [1.82, 2.24) is 0 Å². The number of aromatic carboxylic acids is 1. The molecule has 0 aromatic heterocycles. The van der Waals surface area contributed by atoms with E-state index in [0.29, 0.717) is 6.07 Å². The molecule has 0 atom stereocenters. The van der Waals surface area contributed by atoms with Crippen LogP contribution in [0.1, 0.15) is 21.5 Å². The Labute approximate surface area is 217 Å². The zero-order valence-corrected chi connectivity index (χ0v) is 20.2. The van der Waals surface area contributed by atoms with E-state index in [-0.39, 0.29) is 18.2 Å². The Balaban J connectivity index is 2.15. The molecule has 0 aliphatic rings. The molecular weight excluding hydrogens is 593 g/mol. The number of hydrogen-bond acceptors (Lipinski definition) is 5. The predicted octanol–water partition coefficient (Wildman–Crippen LogP) is 7.63. The van der Waals surface area contributed by atoms with Gasteiger partial charge in [-0.1, -0.05) is 12.1 Å². The van der Waals surface area contributed by atoms with Crippen molar-refractivity contribution < 1.29 is 62.6 Å². The van der Waals surface area contributed by atoms with Crippen molar-refractivity contribution >= 4 is 33.4 Å². The maximum atomic E-state index is 13.2. The van der Waals surface area contributed by atoms with E-state index in [1.807, 2.05) is 0 Å².